The fourth-order valence-electron chi connectivity index (χ4n) is 3.37. The number of H-pyrrole nitrogens is 1. The van der Waals surface area contributed by atoms with Crippen LogP contribution in [0.1, 0.15) is 20.7 Å². The number of rotatable bonds is 4. The SMILES string of the molecule is COC(=O)c1ccc(Cl)c(NC(=O)c2cc3cnc(N4CCN(C)CC4)nc3[nH]c2=O)c1. The average Bonchev–Trinajstić information content (AvgIpc) is 2.79. The number of hydrogen-bond acceptors (Lipinski definition) is 8. The number of aromatic amines is 1. The van der Waals surface area contributed by atoms with E-state index in [-0.39, 0.29) is 21.8 Å². The van der Waals surface area contributed by atoms with Crippen LogP contribution in [0.15, 0.2) is 35.3 Å². The highest BCUT2D eigenvalue weighted by Gasteiger charge is 2.19. The van der Waals surface area contributed by atoms with Gasteiger partial charge in [0.05, 0.1) is 23.4 Å². The smallest absolute Gasteiger partial charge is 0.337 e. The third-order valence-electron chi connectivity index (χ3n) is 5.25. The van der Waals surface area contributed by atoms with Gasteiger partial charge in [0.2, 0.25) is 5.95 Å². The molecule has 3 heterocycles. The van der Waals surface area contributed by atoms with Crippen molar-refractivity contribution >= 4 is 46.1 Å². The first-order valence-electron chi connectivity index (χ1n) is 9.88. The molecule has 1 saturated heterocycles. The van der Waals surface area contributed by atoms with Crippen LogP contribution in [0.25, 0.3) is 11.0 Å². The Morgan fingerprint density at radius 1 is 1.19 bits per heavy atom. The van der Waals surface area contributed by atoms with E-state index in [1.54, 1.807) is 6.20 Å². The van der Waals surface area contributed by atoms with E-state index in [4.69, 9.17) is 11.6 Å². The summed E-state index contributed by atoms with van der Waals surface area (Å²) < 4.78 is 4.68. The quantitative estimate of drug-likeness (QED) is 0.570. The number of nitrogens with zero attached hydrogens (tertiary/aromatic N) is 4. The van der Waals surface area contributed by atoms with Gasteiger partial charge in [-0.05, 0) is 31.3 Å². The van der Waals surface area contributed by atoms with E-state index in [2.05, 4.69) is 41.9 Å². The number of anilines is 2. The molecule has 0 spiro atoms. The minimum absolute atomic E-state index is 0.131. The van der Waals surface area contributed by atoms with Crippen LogP contribution in [0, 0.1) is 0 Å². The Hall–Kier alpha value is -3.50. The number of benzene rings is 1. The Labute approximate surface area is 188 Å². The lowest BCUT2D eigenvalue weighted by Crippen LogP contribution is -2.45. The summed E-state index contributed by atoms with van der Waals surface area (Å²) in [6.07, 6.45) is 1.58. The molecule has 0 atom stereocenters. The first-order chi connectivity index (χ1) is 15.4. The van der Waals surface area contributed by atoms with Crippen LogP contribution in [0.5, 0.6) is 0 Å². The average molecular weight is 457 g/mol. The van der Waals surface area contributed by atoms with Crippen molar-refractivity contribution in [3.05, 3.63) is 57.0 Å². The molecule has 2 aromatic heterocycles. The van der Waals surface area contributed by atoms with Gasteiger partial charge in [0.15, 0.2) is 0 Å². The maximum absolute atomic E-state index is 12.8. The summed E-state index contributed by atoms with van der Waals surface area (Å²) in [6, 6.07) is 5.74. The second-order valence-electron chi connectivity index (χ2n) is 7.42. The zero-order valence-electron chi connectivity index (χ0n) is 17.5. The number of pyridine rings is 1. The van der Waals surface area contributed by atoms with Crippen LogP contribution in [-0.4, -0.2) is 72.1 Å². The predicted molar refractivity (Wildman–Crippen MR) is 121 cm³/mol. The summed E-state index contributed by atoms with van der Waals surface area (Å²) in [7, 11) is 3.31. The van der Waals surface area contributed by atoms with E-state index in [1.807, 2.05) is 0 Å². The van der Waals surface area contributed by atoms with E-state index >= 15 is 0 Å². The highest BCUT2D eigenvalue weighted by molar-refractivity contribution is 6.34. The molecule has 0 radical (unpaired) electrons. The maximum Gasteiger partial charge on any atom is 0.337 e. The molecule has 0 bridgehead atoms. The number of ether oxygens (including phenoxy) is 1. The molecule has 1 aliphatic heterocycles. The number of fused-ring (bicyclic) bond motifs is 1. The number of esters is 1. The maximum atomic E-state index is 12.8. The normalized spacial score (nSPS) is 14.4. The van der Waals surface area contributed by atoms with Gasteiger partial charge in [0.25, 0.3) is 11.5 Å². The molecule has 4 rings (SSSR count). The number of piperazine rings is 1. The standard InChI is InChI=1S/C21H21ClN6O4/c1-27-5-7-28(8-6-27)21-23-11-13-9-14(19(30)25-17(13)26-21)18(29)24-16-10-12(20(31)32-2)3-4-15(16)22/h3-4,9-11H,5-8H2,1-2H3,(H,24,29)(H,23,25,26,30). The molecule has 3 aromatic rings. The van der Waals surface area contributed by atoms with E-state index < -0.39 is 17.4 Å². The first-order valence-corrected chi connectivity index (χ1v) is 10.3. The number of amides is 1. The van der Waals surface area contributed by atoms with Crippen molar-refractivity contribution < 1.29 is 14.3 Å². The van der Waals surface area contributed by atoms with Gasteiger partial charge in [-0.2, -0.15) is 4.98 Å². The Morgan fingerprint density at radius 2 is 1.94 bits per heavy atom. The minimum Gasteiger partial charge on any atom is -0.465 e. The highest BCUT2D eigenvalue weighted by atomic mass is 35.5. The summed E-state index contributed by atoms with van der Waals surface area (Å²) in [6.45, 7) is 3.38. The minimum atomic E-state index is -0.680. The summed E-state index contributed by atoms with van der Waals surface area (Å²) in [5, 5.41) is 3.29. The Kier molecular flexibility index (Phi) is 6.06. The van der Waals surface area contributed by atoms with Crippen molar-refractivity contribution in [3.63, 3.8) is 0 Å². The van der Waals surface area contributed by atoms with Gasteiger partial charge in [-0.3, -0.25) is 9.59 Å². The molecular weight excluding hydrogens is 436 g/mol. The molecule has 1 aromatic carbocycles. The van der Waals surface area contributed by atoms with E-state index in [0.717, 1.165) is 26.2 Å². The molecule has 1 amide bonds. The molecule has 1 fully saturated rings. The predicted octanol–water partition coefficient (Wildman–Crippen LogP) is 1.76. The van der Waals surface area contributed by atoms with E-state index in [0.29, 0.717) is 17.0 Å². The van der Waals surface area contributed by atoms with Crippen LogP contribution in [0.4, 0.5) is 11.6 Å². The third kappa shape index (κ3) is 4.41. The molecule has 1 aliphatic rings. The number of aromatic nitrogens is 3. The second kappa shape index (κ2) is 8.93. The van der Waals surface area contributed by atoms with Crippen LogP contribution in [0.2, 0.25) is 5.02 Å². The zero-order chi connectivity index (χ0) is 22.8. The Balaban J connectivity index is 1.60. The molecule has 0 aliphatic carbocycles. The number of halogens is 1. The molecule has 166 valence electrons. The zero-order valence-corrected chi connectivity index (χ0v) is 18.3. The van der Waals surface area contributed by atoms with E-state index in [9.17, 15) is 14.4 Å². The molecule has 11 heteroatoms. The van der Waals surface area contributed by atoms with Crippen LogP contribution in [-0.2, 0) is 4.74 Å². The van der Waals surface area contributed by atoms with Crippen molar-refractivity contribution in [1.29, 1.82) is 0 Å². The Bertz CT molecular complexity index is 1250. The fourth-order valence-corrected chi connectivity index (χ4v) is 3.53. The number of carbonyl (C=O) groups excluding carboxylic acids is 2. The molecule has 2 N–H and O–H groups in total. The fraction of sp³-hybridized carbons (Fsp3) is 0.286. The van der Waals surface area contributed by atoms with Crippen molar-refractivity contribution in [2.24, 2.45) is 0 Å². The summed E-state index contributed by atoms with van der Waals surface area (Å²) in [4.78, 5) is 52.9. The van der Waals surface area contributed by atoms with Gasteiger partial charge in [-0.15, -0.1) is 0 Å². The lowest BCUT2D eigenvalue weighted by atomic mass is 10.1. The van der Waals surface area contributed by atoms with Gasteiger partial charge in [-0.1, -0.05) is 11.6 Å². The van der Waals surface area contributed by atoms with Crippen molar-refractivity contribution in [2.75, 3.05) is 50.6 Å². The van der Waals surface area contributed by atoms with Gasteiger partial charge in [0, 0.05) is 37.8 Å². The Morgan fingerprint density at radius 3 is 2.66 bits per heavy atom. The lowest BCUT2D eigenvalue weighted by molar-refractivity contribution is 0.0600. The number of carbonyl (C=O) groups is 2. The van der Waals surface area contributed by atoms with Gasteiger partial charge >= 0.3 is 5.97 Å². The number of likely N-dealkylation sites (N-methyl/N-ethyl adjacent to an activating group) is 1. The second-order valence-corrected chi connectivity index (χ2v) is 7.82. The molecule has 10 nitrogen and oxygen atoms in total. The highest BCUT2D eigenvalue weighted by Crippen LogP contribution is 2.24. The summed E-state index contributed by atoms with van der Waals surface area (Å²) >= 11 is 6.13. The van der Waals surface area contributed by atoms with Gasteiger partial charge < -0.3 is 24.8 Å². The molecular formula is C21H21ClN6O4. The van der Waals surface area contributed by atoms with Crippen molar-refractivity contribution in [1.82, 2.24) is 19.9 Å². The third-order valence-corrected chi connectivity index (χ3v) is 5.58. The van der Waals surface area contributed by atoms with Crippen molar-refractivity contribution in [3.8, 4) is 0 Å². The summed E-state index contributed by atoms with van der Waals surface area (Å²) in [5.74, 6) is -0.723. The number of nitrogens with one attached hydrogen (secondary N) is 2. The van der Waals surface area contributed by atoms with Crippen LogP contribution < -0.4 is 15.8 Å². The van der Waals surface area contributed by atoms with Crippen LogP contribution >= 0.6 is 11.6 Å². The lowest BCUT2D eigenvalue weighted by Gasteiger charge is -2.32. The number of methoxy groups -OCH3 is 1. The van der Waals surface area contributed by atoms with Crippen molar-refractivity contribution in [2.45, 2.75) is 0 Å². The summed E-state index contributed by atoms with van der Waals surface area (Å²) in [5.41, 5.74) is 0.0117. The monoisotopic (exact) mass is 456 g/mol. The topological polar surface area (TPSA) is 121 Å². The number of hydrogen-bond donors (Lipinski definition) is 2. The molecule has 0 unspecified atom stereocenters. The van der Waals surface area contributed by atoms with Gasteiger partial charge in [-0.25, -0.2) is 9.78 Å². The molecule has 32 heavy (non-hydrogen) atoms. The van der Waals surface area contributed by atoms with E-state index in [1.165, 1.54) is 31.4 Å². The largest absolute Gasteiger partial charge is 0.465 e. The van der Waals surface area contributed by atoms with Crippen LogP contribution in [0.3, 0.4) is 0 Å². The molecule has 0 saturated carbocycles. The van der Waals surface area contributed by atoms with Gasteiger partial charge in [0.1, 0.15) is 11.2 Å². The first kappa shape index (κ1) is 21.7.